The van der Waals surface area contributed by atoms with Crippen LogP contribution < -0.4 is 4.74 Å². The third-order valence-electron chi connectivity index (χ3n) is 1.99. The van der Waals surface area contributed by atoms with Crippen molar-refractivity contribution in [2.75, 3.05) is 7.11 Å². The zero-order valence-electron chi connectivity index (χ0n) is 7.87. The first-order chi connectivity index (χ1) is 7.22. The topological polar surface area (TPSA) is 27.7 Å². The molecular weight excluding hydrogens is 267 g/mol. The van der Waals surface area contributed by atoms with Crippen LogP contribution in [0.3, 0.4) is 0 Å². The number of hydrogen-bond acceptors (Lipinski definition) is 3. The van der Waals surface area contributed by atoms with Crippen LogP contribution in [0, 0.1) is 5.82 Å². The Kier molecular flexibility index (Phi) is 2.81. The Labute approximate surface area is 94.6 Å². The summed E-state index contributed by atoms with van der Waals surface area (Å²) in [5.74, 6) is 0.127. The highest BCUT2D eigenvalue weighted by Gasteiger charge is 2.22. The quantitative estimate of drug-likeness (QED) is 0.830. The van der Waals surface area contributed by atoms with E-state index in [4.69, 9.17) is 14.2 Å². The van der Waals surface area contributed by atoms with Crippen molar-refractivity contribution in [2.24, 2.45) is 0 Å². The van der Waals surface area contributed by atoms with Gasteiger partial charge in [0.2, 0.25) is 0 Å². The molecule has 0 unspecified atom stereocenters. The second-order valence-corrected chi connectivity index (χ2v) is 3.74. The Morgan fingerprint density at radius 3 is 2.60 bits per heavy atom. The molecule has 5 heteroatoms. The molecule has 0 saturated carbocycles. The van der Waals surface area contributed by atoms with Crippen molar-refractivity contribution < 1.29 is 18.6 Å². The molecule has 15 heavy (non-hydrogen) atoms. The SMILES string of the molecule is COc1cc(Br)c(F)cc1C1OC=CO1. The number of methoxy groups -OCH3 is 1. The van der Waals surface area contributed by atoms with Crippen LogP contribution in [0.5, 0.6) is 5.75 Å². The van der Waals surface area contributed by atoms with E-state index < -0.39 is 6.29 Å². The van der Waals surface area contributed by atoms with Crippen LogP contribution >= 0.6 is 15.9 Å². The lowest BCUT2D eigenvalue weighted by molar-refractivity contribution is -0.0263. The molecule has 1 heterocycles. The molecule has 0 fully saturated rings. The molecule has 0 saturated heterocycles. The fourth-order valence-corrected chi connectivity index (χ4v) is 1.61. The van der Waals surface area contributed by atoms with Gasteiger partial charge in [0.1, 0.15) is 24.1 Å². The summed E-state index contributed by atoms with van der Waals surface area (Å²) in [7, 11) is 1.51. The highest BCUT2D eigenvalue weighted by Crippen LogP contribution is 2.34. The first-order valence-electron chi connectivity index (χ1n) is 4.21. The van der Waals surface area contributed by atoms with Crippen LogP contribution in [0.25, 0.3) is 0 Å². The predicted molar refractivity (Wildman–Crippen MR) is 54.7 cm³/mol. The summed E-state index contributed by atoms with van der Waals surface area (Å²) in [4.78, 5) is 0. The second-order valence-electron chi connectivity index (χ2n) is 2.88. The van der Waals surface area contributed by atoms with E-state index in [-0.39, 0.29) is 5.82 Å². The number of rotatable bonds is 2. The van der Waals surface area contributed by atoms with Gasteiger partial charge in [0.15, 0.2) is 0 Å². The maximum Gasteiger partial charge on any atom is 0.270 e. The largest absolute Gasteiger partial charge is 0.496 e. The summed E-state index contributed by atoms with van der Waals surface area (Å²) in [5.41, 5.74) is 0.517. The van der Waals surface area contributed by atoms with Crippen LogP contribution in [0.2, 0.25) is 0 Å². The molecule has 1 aliphatic heterocycles. The Hall–Kier alpha value is -1.23. The van der Waals surface area contributed by atoms with Gasteiger partial charge in [-0.25, -0.2) is 4.39 Å². The highest BCUT2D eigenvalue weighted by molar-refractivity contribution is 9.10. The molecular formula is C10H8BrFO3. The Bertz CT molecular complexity index is 398. The van der Waals surface area contributed by atoms with Gasteiger partial charge in [0.05, 0.1) is 17.1 Å². The minimum atomic E-state index is -0.637. The summed E-state index contributed by atoms with van der Waals surface area (Å²) in [6, 6.07) is 2.86. The smallest absolute Gasteiger partial charge is 0.270 e. The van der Waals surface area contributed by atoms with E-state index in [2.05, 4.69) is 15.9 Å². The van der Waals surface area contributed by atoms with Crippen molar-refractivity contribution in [3.05, 3.63) is 40.5 Å². The number of benzene rings is 1. The van der Waals surface area contributed by atoms with Crippen molar-refractivity contribution in [3.8, 4) is 5.75 Å². The molecule has 0 aromatic heterocycles. The molecule has 3 nitrogen and oxygen atoms in total. The molecule has 1 aliphatic rings. The van der Waals surface area contributed by atoms with Crippen LogP contribution in [0.4, 0.5) is 4.39 Å². The molecule has 0 radical (unpaired) electrons. The van der Waals surface area contributed by atoms with Gasteiger partial charge in [0.25, 0.3) is 6.29 Å². The lowest BCUT2D eigenvalue weighted by Crippen LogP contribution is -2.02. The minimum Gasteiger partial charge on any atom is -0.496 e. The summed E-state index contributed by atoms with van der Waals surface area (Å²) in [6.07, 6.45) is 2.18. The van der Waals surface area contributed by atoms with E-state index in [1.807, 2.05) is 0 Å². The van der Waals surface area contributed by atoms with Gasteiger partial charge in [-0.15, -0.1) is 0 Å². The third kappa shape index (κ3) is 1.92. The first-order valence-corrected chi connectivity index (χ1v) is 5.00. The maximum atomic E-state index is 13.3. The lowest BCUT2D eigenvalue weighted by Gasteiger charge is -2.14. The van der Waals surface area contributed by atoms with Gasteiger partial charge in [0, 0.05) is 0 Å². The summed E-state index contributed by atoms with van der Waals surface area (Å²) >= 11 is 3.08. The van der Waals surface area contributed by atoms with Gasteiger partial charge < -0.3 is 14.2 Å². The van der Waals surface area contributed by atoms with Crippen LogP contribution in [0.15, 0.2) is 29.1 Å². The third-order valence-corrected chi connectivity index (χ3v) is 2.59. The molecule has 1 aromatic carbocycles. The molecule has 1 aromatic rings. The number of hydrogen-bond donors (Lipinski definition) is 0. The summed E-state index contributed by atoms with van der Waals surface area (Å²) < 4.78 is 29.0. The monoisotopic (exact) mass is 274 g/mol. The number of ether oxygens (including phenoxy) is 3. The van der Waals surface area contributed by atoms with Crippen molar-refractivity contribution in [1.82, 2.24) is 0 Å². The normalized spacial score (nSPS) is 14.9. The van der Waals surface area contributed by atoms with Crippen molar-refractivity contribution in [3.63, 3.8) is 0 Å². The van der Waals surface area contributed by atoms with E-state index in [1.54, 1.807) is 0 Å². The first kappa shape index (κ1) is 10.3. The van der Waals surface area contributed by atoms with Crippen LogP contribution in [0.1, 0.15) is 11.9 Å². The molecule has 80 valence electrons. The van der Waals surface area contributed by atoms with Gasteiger partial charge in [-0.05, 0) is 28.1 Å². The predicted octanol–water partition coefficient (Wildman–Crippen LogP) is 3.11. The second kappa shape index (κ2) is 4.10. The minimum absolute atomic E-state index is 0.342. The fraction of sp³-hybridized carbons (Fsp3) is 0.200. The van der Waals surface area contributed by atoms with E-state index in [9.17, 15) is 4.39 Å². The molecule has 0 N–H and O–H groups in total. The van der Waals surface area contributed by atoms with E-state index in [1.165, 1.54) is 31.8 Å². The zero-order chi connectivity index (χ0) is 10.8. The molecule has 2 rings (SSSR count). The molecule has 0 amide bonds. The van der Waals surface area contributed by atoms with Crippen molar-refractivity contribution in [1.29, 1.82) is 0 Å². The van der Waals surface area contributed by atoms with E-state index in [0.29, 0.717) is 15.8 Å². The Balaban J connectivity index is 2.40. The lowest BCUT2D eigenvalue weighted by atomic mass is 10.2. The van der Waals surface area contributed by atoms with Crippen LogP contribution in [-0.2, 0) is 9.47 Å². The highest BCUT2D eigenvalue weighted by atomic mass is 79.9. The molecule has 0 bridgehead atoms. The number of halogens is 2. The summed E-state index contributed by atoms with van der Waals surface area (Å²) in [5, 5.41) is 0. The molecule has 0 spiro atoms. The van der Waals surface area contributed by atoms with Crippen LogP contribution in [-0.4, -0.2) is 7.11 Å². The molecule has 0 aliphatic carbocycles. The zero-order valence-corrected chi connectivity index (χ0v) is 9.45. The van der Waals surface area contributed by atoms with E-state index in [0.717, 1.165) is 0 Å². The maximum absolute atomic E-state index is 13.3. The van der Waals surface area contributed by atoms with Gasteiger partial charge >= 0.3 is 0 Å². The summed E-state index contributed by atoms with van der Waals surface area (Å²) in [6.45, 7) is 0. The molecule has 0 atom stereocenters. The van der Waals surface area contributed by atoms with Gasteiger partial charge in [-0.3, -0.25) is 0 Å². The standard InChI is InChI=1S/C10H8BrFO3/c1-13-9-5-7(11)8(12)4-6(9)10-14-2-3-15-10/h2-5,10H,1H3. The van der Waals surface area contributed by atoms with Crippen molar-refractivity contribution >= 4 is 15.9 Å². The van der Waals surface area contributed by atoms with Gasteiger partial charge in [-0.2, -0.15) is 0 Å². The van der Waals surface area contributed by atoms with E-state index >= 15 is 0 Å². The van der Waals surface area contributed by atoms with Gasteiger partial charge in [-0.1, -0.05) is 0 Å². The van der Waals surface area contributed by atoms with Crippen molar-refractivity contribution in [2.45, 2.75) is 6.29 Å². The average molecular weight is 275 g/mol. The Morgan fingerprint density at radius 1 is 1.33 bits per heavy atom. The average Bonchev–Trinajstić information content (AvgIpc) is 2.74. The Morgan fingerprint density at radius 2 is 2.00 bits per heavy atom. The fourth-order valence-electron chi connectivity index (χ4n) is 1.29.